The van der Waals surface area contributed by atoms with Gasteiger partial charge in [0.05, 0.1) is 5.97 Å². The van der Waals surface area contributed by atoms with Crippen LogP contribution in [0.25, 0.3) is 0 Å². The monoisotopic (exact) mass is 304 g/mol. The summed E-state index contributed by atoms with van der Waals surface area (Å²) in [6.45, 7) is 2.38. The number of unbranched alkanes of at least 4 members (excludes halogenated alkanes) is 1. The molecule has 2 rings (SSSR count). The first-order chi connectivity index (χ1) is 9.20. The second-order valence-corrected chi connectivity index (χ2v) is 5.62. The van der Waals surface area contributed by atoms with Crippen molar-refractivity contribution in [2.45, 2.75) is 31.4 Å². The van der Waals surface area contributed by atoms with Gasteiger partial charge in [0.2, 0.25) is 6.79 Å². The Morgan fingerprint density at radius 1 is 1.40 bits per heavy atom. The normalized spacial score (nSPS) is 13.7. The fraction of sp³-hybridized carbons (Fsp3) is 0.500. The Morgan fingerprint density at radius 3 is 2.85 bits per heavy atom. The molecule has 1 unspecified atom stereocenters. The fourth-order valence-electron chi connectivity index (χ4n) is 2.02. The number of carboxylic acid groups (broad SMARTS) is 1. The van der Waals surface area contributed by atoms with Crippen LogP contribution in [0.4, 0.5) is 0 Å². The van der Waals surface area contributed by atoms with E-state index >= 15 is 0 Å². The van der Waals surface area contributed by atoms with Crippen LogP contribution in [0, 0.1) is 0 Å². The molecule has 6 heteroatoms. The summed E-state index contributed by atoms with van der Waals surface area (Å²) in [5, 5.41) is 10.8. The molecule has 0 saturated carbocycles. The number of hydrogen-bond acceptors (Lipinski definition) is 5. The van der Waals surface area contributed by atoms with E-state index in [-0.39, 0.29) is 47.4 Å². The summed E-state index contributed by atoms with van der Waals surface area (Å²) in [5.41, 5.74) is 1.09. The summed E-state index contributed by atoms with van der Waals surface area (Å²) in [5.74, 6) is 0.492. The summed E-state index contributed by atoms with van der Waals surface area (Å²) >= 11 is 1.41. The largest absolute Gasteiger partial charge is 1.00 e. The zero-order chi connectivity index (χ0) is 13.7. The molecule has 0 spiro atoms. The minimum atomic E-state index is -1.02. The van der Waals surface area contributed by atoms with Gasteiger partial charge in [0, 0.05) is 11.0 Å². The molecule has 4 nitrogen and oxygen atoms in total. The van der Waals surface area contributed by atoms with Crippen LogP contribution in [0.2, 0.25) is 0 Å². The van der Waals surface area contributed by atoms with Crippen LogP contribution >= 0.6 is 11.8 Å². The van der Waals surface area contributed by atoms with Crippen molar-refractivity contribution >= 4 is 17.7 Å². The van der Waals surface area contributed by atoms with Gasteiger partial charge in [-0.05, 0) is 24.1 Å². The van der Waals surface area contributed by atoms with Crippen molar-refractivity contribution in [3.8, 4) is 11.5 Å². The van der Waals surface area contributed by atoms with Crippen LogP contribution in [0.1, 0.15) is 37.0 Å². The molecule has 1 atom stereocenters. The summed E-state index contributed by atoms with van der Waals surface area (Å²) < 4.78 is 10.6. The zero-order valence-electron chi connectivity index (χ0n) is 11.9. The van der Waals surface area contributed by atoms with Gasteiger partial charge in [-0.1, -0.05) is 25.8 Å². The molecule has 0 N–H and O–H groups in total. The van der Waals surface area contributed by atoms with Crippen molar-refractivity contribution in [2.24, 2.45) is 0 Å². The third kappa shape index (κ3) is 4.88. The van der Waals surface area contributed by atoms with Gasteiger partial charge in [-0.2, -0.15) is 0 Å². The first-order valence-electron chi connectivity index (χ1n) is 6.41. The molecule has 0 radical (unpaired) electrons. The third-order valence-electron chi connectivity index (χ3n) is 2.99. The number of carboxylic acids is 1. The number of rotatable bonds is 7. The average molecular weight is 304 g/mol. The predicted octanol–water partition coefficient (Wildman–Crippen LogP) is -0.866. The topological polar surface area (TPSA) is 58.6 Å². The molecule has 1 heterocycles. The summed E-state index contributed by atoms with van der Waals surface area (Å²) in [6, 6.07) is 5.82. The molecule has 0 saturated heterocycles. The van der Waals surface area contributed by atoms with Crippen molar-refractivity contribution in [3.63, 3.8) is 0 Å². The molecule has 0 bridgehead atoms. The van der Waals surface area contributed by atoms with Crippen LogP contribution in [-0.2, 0) is 4.79 Å². The number of thioether (sulfide) groups is 1. The Kier molecular flexibility index (Phi) is 7.80. The molecule has 1 aromatic carbocycles. The van der Waals surface area contributed by atoms with Crippen molar-refractivity contribution in [1.29, 1.82) is 0 Å². The van der Waals surface area contributed by atoms with E-state index in [2.05, 4.69) is 6.92 Å². The van der Waals surface area contributed by atoms with Gasteiger partial charge >= 0.3 is 29.6 Å². The molecule has 0 amide bonds. The van der Waals surface area contributed by atoms with Crippen molar-refractivity contribution in [2.75, 3.05) is 12.5 Å². The Balaban J connectivity index is 0.00000200. The number of ether oxygens (including phenoxy) is 2. The van der Waals surface area contributed by atoms with E-state index in [1.807, 2.05) is 18.2 Å². The fourth-order valence-corrected chi connectivity index (χ4v) is 3.03. The van der Waals surface area contributed by atoms with Crippen LogP contribution < -0.4 is 44.1 Å². The Labute approximate surface area is 145 Å². The van der Waals surface area contributed by atoms with E-state index in [0.717, 1.165) is 36.3 Å². The van der Waals surface area contributed by atoms with E-state index in [4.69, 9.17) is 9.47 Å². The maximum absolute atomic E-state index is 10.6. The Bertz CT molecular complexity index is 453. The predicted molar refractivity (Wildman–Crippen MR) is 72.3 cm³/mol. The van der Waals surface area contributed by atoms with E-state index in [1.165, 1.54) is 11.8 Å². The Morgan fingerprint density at radius 2 is 2.15 bits per heavy atom. The summed E-state index contributed by atoms with van der Waals surface area (Å²) in [7, 11) is 0. The molecular weight excluding hydrogens is 287 g/mol. The van der Waals surface area contributed by atoms with Gasteiger partial charge < -0.3 is 19.4 Å². The number of hydrogen-bond donors (Lipinski definition) is 0. The van der Waals surface area contributed by atoms with Crippen LogP contribution in [0.3, 0.4) is 0 Å². The SMILES string of the molecule is CCCCC(SCC(=O)[O-])c1ccc2c(c1)OCO2.[Na+]. The summed E-state index contributed by atoms with van der Waals surface area (Å²) in [6.07, 6.45) is 3.11. The van der Waals surface area contributed by atoms with Gasteiger partial charge in [0.15, 0.2) is 11.5 Å². The maximum Gasteiger partial charge on any atom is 1.00 e. The minimum Gasteiger partial charge on any atom is -0.549 e. The van der Waals surface area contributed by atoms with Gasteiger partial charge in [-0.15, -0.1) is 11.8 Å². The van der Waals surface area contributed by atoms with E-state index in [9.17, 15) is 9.90 Å². The molecule has 1 aliphatic rings. The molecule has 0 aliphatic carbocycles. The number of carbonyl (C=O) groups excluding carboxylic acids is 1. The van der Waals surface area contributed by atoms with Crippen molar-refractivity contribution in [3.05, 3.63) is 23.8 Å². The number of benzene rings is 1. The van der Waals surface area contributed by atoms with E-state index < -0.39 is 5.97 Å². The molecule has 20 heavy (non-hydrogen) atoms. The molecule has 104 valence electrons. The molecule has 1 aliphatic heterocycles. The van der Waals surface area contributed by atoms with Crippen LogP contribution in [0.5, 0.6) is 11.5 Å². The number of fused-ring (bicyclic) bond motifs is 1. The third-order valence-corrected chi connectivity index (χ3v) is 4.30. The number of aliphatic carboxylic acids is 1. The minimum absolute atomic E-state index is 0. The summed E-state index contributed by atoms with van der Waals surface area (Å²) in [4.78, 5) is 10.6. The molecule has 0 aromatic heterocycles. The van der Waals surface area contributed by atoms with Gasteiger partial charge in [-0.3, -0.25) is 0 Å². The molecular formula is C14H17NaO4S. The number of carbonyl (C=O) groups is 1. The quantitative estimate of drug-likeness (QED) is 0.613. The van der Waals surface area contributed by atoms with Crippen LogP contribution in [-0.4, -0.2) is 18.5 Å². The average Bonchev–Trinajstić information content (AvgIpc) is 2.85. The van der Waals surface area contributed by atoms with Crippen LogP contribution in [0.15, 0.2) is 18.2 Å². The molecule has 1 aromatic rings. The van der Waals surface area contributed by atoms with E-state index in [0.29, 0.717) is 0 Å². The first-order valence-corrected chi connectivity index (χ1v) is 7.46. The van der Waals surface area contributed by atoms with Crippen molar-refractivity contribution < 1.29 is 48.9 Å². The molecule has 0 fully saturated rings. The second-order valence-electron chi connectivity index (χ2n) is 4.43. The van der Waals surface area contributed by atoms with E-state index in [1.54, 1.807) is 0 Å². The maximum atomic E-state index is 10.6. The Hall–Kier alpha value is -0.360. The first kappa shape index (κ1) is 17.7. The zero-order valence-corrected chi connectivity index (χ0v) is 14.7. The van der Waals surface area contributed by atoms with Gasteiger partial charge in [-0.25, -0.2) is 0 Å². The van der Waals surface area contributed by atoms with Gasteiger partial charge in [0.1, 0.15) is 0 Å². The second kappa shape index (κ2) is 8.82. The standard InChI is InChI=1S/C14H18O4S.Na/c1-2-3-4-13(19-8-14(15)16)10-5-6-11-12(7-10)18-9-17-11;/h5-7,13H,2-4,8-9H2,1H3,(H,15,16);/q;+1/p-1. The van der Waals surface area contributed by atoms with Crippen molar-refractivity contribution in [1.82, 2.24) is 0 Å². The smallest absolute Gasteiger partial charge is 0.549 e. The van der Waals surface area contributed by atoms with Gasteiger partial charge in [0.25, 0.3) is 0 Å².